The Kier molecular flexibility index (Phi) is 4.12. The molecule has 0 unspecified atom stereocenters. The Hall–Kier alpha value is -1.52. The number of nitrogen functional groups attached to an aromatic ring is 1. The number of anilines is 1. The highest BCUT2D eigenvalue weighted by Gasteiger charge is 2.26. The number of nitrogens with two attached hydrogens (primary N) is 1. The molecule has 2 rings (SSSR count). The number of amides is 1. The minimum atomic E-state index is 0.126. The van der Waals surface area contributed by atoms with E-state index in [1.165, 1.54) is 6.42 Å². The number of hydrogen-bond donors (Lipinski definition) is 1. The molecule has 1 aliphatic rings. The van der Waals surface area contributed by atoms with Gasteiger partial charge in [-0.15, -0.1) is 0 Å². The average Bonchev–Trinajstić information content (AvgIpc) is 2.86. The second-order valence-corrected chi connectivity index (χ2v) is 5.99. The molecular weight excluding hydrogens is 240 g/mol. The lowest BCUT2D eigenvalue weighted by Gasteiger charge is -2.17. The number of aryl methyl sites for hydroxylation is 1. The normalized spacial score (nSPS) is 19.4. The third kappa shape index (κ3) is 3.49. The van der Waals surface area contributed by atoms with Crippen LogP contribution in [0.25, 0.3) is 0 Å². The lowest BCUT2D eigenvalue weighted by atomic mass is 9.97. The van der Waals surface area contributed by atoms with Crippen LogP contribution in [0, 0.1) is 18.8 Å². The zero-order valence-electron chi connectivity index (χ0n) is 12.1. The molecule has 1 fully saturated rings. The average molecular weight is 264 g/mol. The van der Waals surface area contributed by atoms with E-state index in [0.717, 1.165) is 25.2 Å². The Labute approximate surface area is 114 Å². The van der Waals surface area contributed by atoms with Crippen molar-refractivity contribution < 1.29 is 4.79 Å². The summed E-state index contributed by atoms with van der Waals surface area (Å²) in [5.41, 5.74) is 6.66. The van der Waals surface area contributed by atoms with Crippen molar-refractivity contribution in [2.75, 3.05) is 18.8 Å². The van der Waals surface area contributed by atoms with Gasteiger partial charge in [0, 0.05) is 19.2 Å². The lowest BCUT2D eigenvalue weighted by molar-refractivity contribution is -0.131. The molecule has 0 radical (unpaired) electrons. The Bertz CT molecular complexity index is 452. The predicted molar refractivity (Wildman–Crippen MR) is 75.5 cm³/mol. The van der Waals surface area contributed by atoms with Crippen LogP contribution in [0.15, 0.2) is 6.07 Å². The van der Waals surface area contributed by atoms with Crippen LogP contribution < -0.4 is 5.73 Å². The summed E-state index contributed by atoms with van der Waals surface area (Å²) in [4.78, 5) is 14.2. The van der Waals surface area contributed by atoms with Gasteiger partial charge in [0.25, 0.3) is 0 Å². The van der Waals surface area contributed by atoms with E-state index >= 15 is 0 Å². The van der Waals surface area contributed by atoms with E-state index in [-0.39, 0.29) is 12.5 Å². The first-order valence-electron chi connectivity index (χ1n) is 7.03. The van der Waals surface area contributed by atoms with Crippen LogP contribution >= 0.6 is 0 Å². The van der Waals surface area contributed by atoms with Crippen LogP contribution in [0.3, 0.4) is 0 Å². The monoisotopic (exact) mass is 264 g/mol. The van der Waals surface area contributed by atoms with Crippen molar-refractivity contribution in [2.45, 2.75) is 40.2 Å². The van der Waals surface area contributed by atoms with Gasteiger partial charge in [-0.25, -0.2) is 4.68 Å². The SMILES string of the molecule is Cc1cc(N)n(CC(=O)N2CC[C@@H](CC(C)C)C2)n1. The largest absolute Gasteiger partial charge is 0.384 e. The summed E-state index contributed by atoms with van der Waals surface area (Å²) in [6, 6.07) is 1.79. The molecule has 1 amide bonds. The van der Waals surface area contributed by atoms with Gasteiger partial charge in [0.1, 0.15) is 12.4 Å². The van der Waals surface area contributed by atoms with E-state index in [9.17, 15) is 4.79 Å². The van der Waals surface area contributed by atoms with Crippen LogP contribution in [0.4, 0.5) is 5.82 Å². The topological polar surface area (TPSA) is 64.2 Å². The van der Waals surface area contributed by atoms with E-state index in [0.29, 0.717) is 17.7 Å². The first kappa shape index (κ1) is 13.9. The smallest absolute Gasteiger partial charge is 0.244 e. The zero-order valence-corrected chi connectivity index (χ0v) is 12.1. The number of nitrogens with zero attached hydrogens (tertiary/aromatic N) is 3. The third-order valence-electron chi connectivity index (χ3n) is 3.66. The molecule has 5 heteroatoms. The third-order valence-corrected chi connectivity index (χ3v) is 3.66. The summed E-state index contributed by atoms with van der Waals surface area (Å²) >= 11 is 0. The van der Waals surface area contributed by atoms with Gasteiger partial charge >= 0.3 is 0 Å². The fraction of sp³-hybridized carbons (Fsp3) is 0.714. The van der Waals surface area contributed by atoms with Crippen molar-refractivity contribution in [2.24, 2.45) is 11.8 Å². The molecule has 0 spiro atoms. The van der Waals surface area contributed by atoms with Crippen molar-refractivity contribution in [3.8, 4) is 0 Å². The number of likely N-dealkylation sites (tertiary alicyclic amines) is 1. The van der Waals surface area contributed by atoms with Gasteiger partial charge in [-0.1, -0.05) is 13.8 Å². The van der Waals surface area contributed by atoms with Crippen LogP contribution in [-0.4, -0.2) is 33.7 Å². The fourth-order valence-corrected chi connectivity index (χ4v) is 2.84. The summed E-state index contributed by atoms with van der Waals surface area (Å²) in [5, 5.41) is 4.23. The summed E-state index contributed by atoms with van der Waals surface area (Å²) in [5.74, 6) is 2.04. The van der Waals surface area contributed by atoms with E-state index in [4.69, 9.17) is 5.73 Å². The van der Waals surface area contributed by atoms with Crippen molar-refractivity contribution in [1.29, 1.82) is 0 Å². The van der Waals surface area contributed by atoms with Gasteiger partial charge in [-0.2, -0.15) is 5.10 Å². The standard InChI is InChI=1S/C14H24N4O/c1-10(2)6-12-4-5-17(8-12)14(19)9-18-13(15)7-11(3)16-18/h7,10,12H,4-6,8-9,15H2,1-3H3/t12-/m0/s1. The van der Waals surface area contributed by atoms with Gasteiger partial charge in [0.15, 0.2) is 0 Å². The van der Waals surface area contributed by atoms with Crippen LogP contribution in [0.2, 0.25) is 0 Å². The maximum atomic E-state index is 12.2. The highest BCUT2D eigenvalue weighted by molar-refractivity contribution is 5.76. The van der Waals surface area contributed by atoms with Crippen LogP contribution in [0.5, 0.6) is 0 Å². The van der Waals surface area contributed by atoms with Crippen LogP contribution in [-0.2, 0) is 11.3 Å². The first-order valence-corrected chi connectivity index (χ1v) is 7.03. The number of rotatable bonds is 4. The molecule has 0 bridgehead atoms. The van der Waals surface area contributed by atoms with Crippen LogP contribution in [0.1, 0.15) is 32.4 Å². The van der Waals surface area contributed by atoms with Gasteiger partial charge in [-0.05, 0) is 31.6 Å². The molecule has 2 N–H and O–H groups in total. The number of hydrogen-bond acceptors (Lipinski definition) is 3. The Morgan fingerprint density at radius 3 is 2.89 bits per heavy atom. The lowest BCUT2D eigenvalue weighted by Crippen LogP contribution is -2.32. The minimum Gasteiger partial charge on any atom is -0.384 e. The highest BCUT2D eigenvalue weighted by atomic mass is 16.2. The Morgan fingerprint density at radius 2 is 2.32 bits per heavy atom. The van der Waals surface area contributed by atoms with Gasteiger partial charge in [0.05, 0.1) is 5.69 Å². The van der Waals surface area contributed by atoms with E-state index < -0.39 is 0 Å². The second-order valence-electron chi connectivity index (χ2n) is 5.99. The molecule has 5 nitrogen and oxygen atoms in total. The molecule has 0 saturated carbocycles. The molecule has 1 aliphatic heterocycles. The maximum absolute atomic E-state index is 12.2. The summed E-state index contributed by atoms with van der Waals surface area (Å²) in [7, 11) is 0. The molecule has 1 aromatic rings. The molecule has 0 aromatic carbocycles. The quantitative estimate of drug-likeness (QED) is 0.899. The predicted octanol–water partition coefficient (Wildman–Crippen LogP) is 1.67. The summed E-state index contributed by atoms with van der Waals surface area (Å²) in [6.45, 7) is 8.36. The molecule has 2 heterocycles. The van der Waals surface area contributed by atoms with Crippen molar-refractivity contribution in [1.82, 2.24) is 14.7 Å². The molecule has 106 valence electrons. The van der Waals surface area contributed by atoms with Crippen molar-refractivity contribution in [3.63, 3.8) is 0 Å². The first-order chi connectivity index (χ1) is 8.95. The summed E-state index contributed by atoms with van der Waals surface area (Å²) < 4.78 is 1.59. The fourth-order valence-electron chi connectivity index (χ4n) is 2.84. The zero-order chi connectivity index (χ0) is 14.0. The number of carbonyl (C=O) groups excluding carboxylic acids is 1. The molecule has 19 heavy (non-hydrogen) atoms. The van der Waals surface area contributed by atoms with E-state index in [1.807, 2.05) is 11.8 Å². The summed E-state index contributed by atoms with van der Waals surface area (Å²) in [6.07, 6.45) is 2.32. The molecule has 1 aromatic heterocycles. The maximum Gasteiger partial charge on any atom is 0.244 e. The Morgan fingerprint density at radius 1 is 1.58 bits per heavy atom. The second kappa shape index (κ2) is 5.63. The minimum absolute atomic E-state index is 0.126. The van der Waals surface area contributed by atoms with Gasteiger partial charge in [-0.3, -0.25) is 4.79 Å². The van der Waals surface area contributed by atoms with Gasteiger partial charge < -0.3 is 10.6 Å². The van der Waals surface area contributed by atoms with Crippen molar-refractivity contribution in [3.05, 3.63) is 11.8 Å². The number of carbonyl (C=O) groups is 1. The molecule has 1 saturated heterocycles. The van der Waals surface area contributed by atoms with E-state index in [2.05, 4.69) is 18.9 Å². The molecule has 1 atom stereocenters. The number of aromatic nitrogens is 2. The molecule has 0 aliphatic carbocycles. The Balaban J connectivity index is 1.89. The van der Waals surface area contributed by atoms with Crippen molar-refractivity contribution >= 4 is 11.7 Å². The highest BCUT2D eigenvalue weighted by Crippen LogP contribution is 2.23. The van der Waals surface area contributed by atoms with E-state index in [1.54, 1.807) is 10.7 Å². The van der Waals surface area contributed by atoms with Gasteiger partial charge in [0.2, 0.25) is 5.91 Å². The molecular formula is C14H24N4O.